The molecule has 0 aliphatic rings. The monoisotopic (exact) mass is 335 g/mol. The molecule has 0 saturated carbocycles. The van der Waals surface area contributed by atoms with Crippen LogP contribution in [0, 0.1) is 0 Å². The van der Waals surface area contributed by atoms with Gasteiger partial charge in [0.1, 0.15) is 10.9 Å². The van der Waals surface area contributed by atoms with E-state index in [2.05, 4.69) is 28.4 Å². The van der Waals surface area contributed by atoms with Crippen molar-refractivity contribution in [3.05, 3.63) is 51.2 Å². The van der Waals surface area contributed by atoms with Gasteiger partial charge in [0.15, 0.2) is 0 Å². The number of hydrogen-bond donors (Lipinski definition) is 0. The number of rotatable bonds is 6. The van der Waals surface area contributed by atoms with E-state index in [4.69, 9.17) is 22.1 Å². The van der Waals surface area contributed by atoms with Gasteiger partial charge in [-0.25, -0.2) is 4.98 Å². The molecule has 0 N–H and O–H groups in total. The van der Waals surface area contributed by atoms with Crippen LogP contribution >= 0.6 is 23.4 Å². The number of azide groups is 1. The van der Waals surface area contributed by atoms with Crippen molar-refractivity contribution in [3.63, 3.8) is 0 Å². The van der Waals surface area contributed by atoms with Crippen molar-refractivity contribution in [2.24, 2.45) is 12.2 Å². The lowest BCUT2D eigenvalue weighted by Gasteiger charge is -2.09. The minimum absolute atomic E-state index is 0.320. The number of aromatic nitrogens is 2. The third kappa shape index (κ3) is 3.97. The van der Waals surface area contributed by atoms with Crippen LogP contribution in [0.25, 0.3) is 10.4 Å². The van der Waals surface area contributed by atoms with Crippen LogP contribution in [0.15, 0.2) is 39.3 Å². The smallest absolute Gasteiger partial charge is 0.109 e. The summed E-state index contributed by atoms with van der Waals surface area (Å²) in [6.07, 6.45) is 0.635. The average Bonchev–Trinajstić information content (AvgIpc) is 2.77. The minimum atomic E-state index is 0.320. The van der Waals surface area contributed by atoms with Crippen molar-refractivity contribution in [2.45, 2.75) is 36.1 Å². The summed E-state index contributed by atoms with van der Waals surface area (Å²) in [6.45, 7) is 4.67. The second-order valence-corrected chi connectivity index (χ2v) is 6.69. The molecule has 22 heavy (non-hydrogen) atoms. The lowest BCUT2D eigenvalue weighted by atomic mass is 10.1. The van der Waals surface area contributed by atoms with Gasteiger partial charge in [0, 0.05) is 34.8 Å². The first-order valence-corrected chi connectivity index (χ1v) is 8.22. The van der Waals surface area contributed by atoms with E-state index in [0.29, 0.717) is 18.9 Å². The number of hydrogen-bond acceptors (Lipinski definition) is 3. The van der Waals surface area contributed by atoms with Gasteiger partial charge in [0.05, 0.1) is 5.69 Å². The van der Waals surface area contributed by atoms with Crippen molar-refractivity contribution < 1.29 is 0 Å². The van der Waals surface area contributed by atoms with E-state index in [1.54, 1.807) is 11.8 Å². The Bertz CT molecular complexity index is 704. The maximum Gasteiger partial charge on any atom is 0.109 e. The summed E-state index contributed by atoms with van der Waals surface area (Å²) in [5.41, 5.74) is 9.46. The van der Waals surface area contributed by atoms with E-state index >= 15 is 0 Å². The zero-order valence-corrected chi connectivity index (χ0v) is 14.4. The zero-order chi connectivity index (χ0) is 16.1. The summed E-state index contributed by atoms with van der Waals surface area (Å²) in [5, 5.41) is 5.42. The second kappa shape index (κ2) is 7.58. The highest BCUT2D eigenvalue weighted by Gasteiger charge is 2.18. The summed E-state index contributed by atoms with van der Waals surface area (Å²) in [6, 6.07) is 7.79. The Labute approximate surface area is 139 Å². The van der Waals surface area contributed by atoms with Gasteiger partial charge in [-0.3, -0.25) is 0 Å². The molecule has 0 unspecified atom stereocenters. The van der Waals surface area contributed by atoms with Crippen molar-refractivity contribution in [2.75, 3.05) is 6.54 Å². The van der Waals surface area contributed by atoms with E-state index in [0.717, 1.165) is 26.5 Å². The third-order valence-corrected chi connectivity index (χ3v) is 4.62. The number of imidazole rings is 1. The van der Waals surface area contributed by atoms with Gasteiger partial charge in [-0.1, -0.05) is 48.4 Å². The predicted molar refractivity (Wildman–Crippen MR) is 90.6 cm³/mol. The van der Waals surface area contributed by atoms with E-state index in [9.17, 15) is 0 Å². The lowest BCUT2D eigenvalue weighted by molar-refractivity contribution is 0.725. The molecule has 0 spiro atoms. The molecule has 1 aromatic heterocycles. The van der Waals surface area contributed by atoms with Gasteiger partial charge in [-0.05, 0) is 29.6 Å². The summed E-state index contributed by atoms with van der Waals surface area (Å²) >= 11 is 7.72. The maximum absolute atomic E-state index is 8.40. The molecule has 0 radical (unpaired) electrons. The molecule has 116 valence electrons. The van der Waals surface area contributed by atoms with Crippen LogP contribution in [0.4, 0.5) is 0 Å². The topological polar surface area (TPSA) is 66.6 Å². The molecular weight excluding hydrogens is 318 g/mol. The van der Waals surface area contributed by atoms with Crippen LogP contribution < -0.4 is 0 Å². The number of benzene rings is 1. The van der Waals surface area contributed by atoms with Crippen molar-refractivity contribution in [1.29, 1.82) is 0 Å². The quantitative estimate of drug-likeness (QED) is 0.413. The number of halogens is 1. The Hall–Kier alpha value is -1.62. The fourth-order valence-electron chi connectivity index (χ4n) is 2.11. The van der Waals surface area contributed by atoms with Gasteiger partial charge in [-0.2, -0.15) is 0 Å². The van der Waals surface area contributed by atoms with Crippen LogP contribution in [0.5, 0.6) is 0 Å². The summed E-state index contributed by atoms with van der Waals surface area (Å²) in [7, 11) is 2.00. The largest absolute Gasteiger partial charge is 0.326 e. The van der Waals surface area contributed by atoms with E-state index < -0.39 is 0 Å². The summed E-state index contributed by atoms with van der Waals surface area (Å²) < 4.78 is 2.08. The molecular formula is C15H18ClN5S. The van der Waals surface area contributed by atoms with Crippen molar-refractivity contribution >= 4 is 23.4 Å². The molecule has 0 bridgehead atoms. The average molecular weight is 336 g/mol. The Morgan fingerprint density at radius 1 is 1.45 bits per heavy atom. The number of nitrogens with zero attached hydrogens (tertiary/aromatic N) is 5. The molecule has 0 amide bonds. The standard InChI is InChI=1S/C15H18ClN5S/c1-10(2)14-15(22-12-6-4-5-11(16)9-12)21(3)13(19-14)7-8-18-20-17/h4-6,9-10H,7-8H2,1-3H3. The molecule has 0 atom stereocenters. The van der Waals surface area contributed by atoms with Gasteiger partial charge in [0.25, 0.3) is 0 Å². The molecule has 7 heteroatoms. The molecule has 0 aliphatic heterocycles. The maximum atomic E-state index is 8.40. The van der Waals surface area contributed by atoms with Crippen molar-refractivity contribution in [1.82, 2.24) is 9.55 Å². The van der Waals surface area contributed by atoms with Crippen LogP contribution in [-0.4, -0.2) is 16.1 Å². The fraction of sp³-hybridized carbons (Fsp3) is 0.400. The predicted octanol–water partition coefficient (Wildman–Crippen LogP) is 5.20. The SMILES string of the molecule is CC(C)c1nc(CCN=[N+]=[N-])n(C)c1Sc1cccc(Cl)c1. The molecule has 0 saturated heterocycles. The molecule has 0 aliphatic carbocycles. The zero-order valence-electron chi connectivity index (χ0n) is 12.8. The van der Waals surface area contributed by atoms with Gasteiger partial charge >= 0.3 is 0 Å². The van der Waals surface area contributed by atoms with Crippen molar-refractivity contribution in [3.8, 4) is 0 Å². The fourth-order valence-corrected chi connectivity index (χ4v) is 3.55. The highest BCUT2D eigenvalue weighted by Crippen LogP contribution is 2.35. The first-order chi connectivity index (χ1) is 10.5. The van der Waals surface area contributed by atoms with Gasteiger partial charge in [0.2, 0.25) is 0 Å². The molecule has 2 rings (SSSR count). The van der Waals surface area contributed by atoms with Gasteiger partial charge < -0.3 is 4.57 Å². The minimum Gasteiger partial charge on any atom is -0.326 e. The Balaban J connectivity index is 2.33. The molecule has 1 heterocycles. The normalized spacial score (nSPS) is 10.8. The molecule has 5 nitrogen and oxygen atoms in total. The van der Waals surface area contributed by atoms with Crippen LogP contribution in [0.3, 0.4) is 0 Å². The molecule has 1 aromatic carbocycles. The Kier molecular flexibility index (Phi) is 5.77. The molecule has 2 aromatic rings. The Morgan fingerprint density at radius 2 is 2.23 bits per heavy atom. The second-order valence-electron chi connectivity index (χ2n) is 5.20. The van der Waals surface area contributed by atoms with Crippen LogP contribution in [0.1, 0.15) is 31.3 Å². The highest BCUT2D eigenvalue weighted by molar-refractivity contribution is 7.99. The van der Waals surface area contributed by atoms with Crippen LogP contribution in [0.2, 0.25) is 5.02 Å². The first kappa shape index (κ1) is 16.7. The summed E-state index contributed by atoms with van der Waals surface area (Å²) in [5.74, 6) is 1.25. The first-order valence-electron chi connectivity index (χ1n) is 7.02. The molecule has 0 fully saturated rings. The van der Waals surface area contributed by atoms with Gasteiger partial charge in [-0.15, -0.1) is 0 Å². The summed E-state index contributed by atoms with van der Waals surface area (Å²) in [4.78, 5) is 8.60. The van der Waals surface area contributed by atoms with E-state index in [-0.39, 0.29) is 0 Å². The van der Waals surface area contributed by atoms with Crippen LogP contribution in [-0.2, 0) is 13.5 Å². The lowest BCUT2D eigenvalue weighted by Crippen LogP contribution is -2.00. The van der Waals surface area contributed by atoms with E-state index in [1.165, 1.54) is 0 Å². The highest BCUT2D eigenvalue weighted by atomic mass is 35.5. The Morgan fingerprint density at radius 3 is 2.86 bits per heavy atom. The van der Waals surface area contributed by atoms with E-state index in [1.807, 2.05) is 31.3 Å². The third-order valence-electron chi connectivity index (χ3n) is 3.22.